The van der Waals surface area contributed by atoms with Crippen molar-refractivity contribution in [2.45, 2.75) is 32.9 Å². The van der Waals surface area contributed by atoms with Crippen molar-refractivity contribution in [3.63, 3.8) is 0 Å². The third-order valence-electron chi connectivity index (χ3n) is 2.50. The third-order valence-corrected chi connectivity index (χ3v) is 2.50. The normalized spacial score (nSPS) is 12.7. The van der Waals surface area contributed by atoms with Crippen molar-refractivity contribution >= 4 is 5.97 Å². The molecular weight excluding hydrogens is 237 g/mol. The first-order valence-electron chi connectivity index (χ1n) is 5.83. The number of phenolic OH excluding ortho intramolecular Hbond substituents is 1. The van der Waals surface area contributed by atoms with Crippen LogP contribution in [0.2, 0.25) is 0 Å². The van der Waals surface area contributed by atoms with Gasteiger partial charge >= 0.3 is 5.97 Å². The number of benzene rings is 1. The van der Waals surface area contributed by atoms with Crippen LogP contribution in [0.5, 0.6) is 5.75 Å². The quantitative estimate of drug-likeness (QED) is 0.728. The molecule has 0 saturated heterocycles. The topological polar surface area (TPSA) is 69.6 Å². The number of phenols is 1. The number of aliphatic carboxylic acids is 1. The lowest BCUT2D eigenvalue weighted by molar-refractivity contribution is -0.140. The van der Waals surface area contributed by atoms with E-state index in [9.17, 15) is 14.3 Å². The van der Waals surface area contributed by atoms with Crippen LogP contribution in [0.3, 0.4) is 0 Å². The zero-order valence-electron chi connectivity index (χ0n) is 10.5. The molecule has 1 atom stereocenters. The first-order chi connectivity index (χ1) is 8.38. The number of hydrogen-bond donors (Lipinski definition) is 3. The molecule has 3 N–H and O–H groups in total. The highest BCUT2D eigenvalue weighted by molar-refractivity contribution is 5.73. The molecule has 0 aliphatic heterocycles. The molecule has 5 heteroatoms. The van der Waals surface area contributed by atoms with Crippen LogP contribution in [0.25, 0.3) is 0 Å². The summed E-state index contributed by atoms with van der Waals surface area (Å²) < 4.78 is 13.0. The number of carboxylic acid groups (broad SMARTS) is 1. The average molecular weight is 255 g/mol. The summed E-state index contributed by atoms with van der Waals surface area (Å²) in [4.78, 5) is 11.0. The van der Waals surface area contributed by atoms with Crippen LogP contribution in [0.1, 0.15) is 25.8 Å². The van der Waals surface area contributed by atoms with E-state index < -0.39 is 17.8 Å². The van der Waals surface area contributed by atoms with Crippen molar-refractivity contribution < 1.29 is 19.4 Å². The molecule has 0 amide bonds. The van der Waals surface area contributed by atoms with Gasteiger partial charge in [-0.15, -0.1) is 0 Å². The van der Waals surface area contributed by atoms with Gasteiger partial charge in [0.05, 0.1) is 0 Å². The first-order valence-corrected chi connectivity index (χ1v) is 5.83. The summed E-state index contributed by atoms with van der Waals surface area (Å²) in [7, 11) is 0. The van der Waals surface area contributed by atoms with Gasteiger partial charge in [0.1, 0.15) is 17.6 Å². The van der Waals surface area contributed by atoms with Crippen molar-refractivity contribution in [3.05, 3.63) is 29.6 Å². The van der Waals surface area contributed by atoms with Gasteiger partial charge in [-0.2, -0.15) is 0 Å². The summed E-state index contributed by atoms with van der Waals surface area (Å²) in [5.41, 5.74) is 0.516. The van der Waals surface area contributed by atoms with Crippen molar-refractivity contribution in [2.75, 3.05) is 0 Å². The van der Waals surface area contributed by atoms with Crippen LogP contribution in [0, 0.1) is 11.7 Å². The molecule has 0 saturated carbocycles. The smallest absolute Gasteiger partial charge is 0.320 e. The van der Waals surface area contributed by atoms with Crippen molar-refractivity contribution in [1.82, 2.24) is 5.32 Å². The van der Waals surface area contributed by atoms with Crippen LogP contribution < -0.4 is 5.32 Å². The van der Waals surface area contributed by atoms with E-state index in [4.69, 9.17) is 5.11 Å². The maximum Gasteiger partial charge on any atom is 0.320 e. The standard InChI is InChI=1S/C13H18FNO3/c1-8(2)3-12(13(17)18)15-7-9-4-10(14)6-11(16)5-9/h4-6,8,12,15-16H,3,7H2,1-2H3,(H,17,18). The molecule has 0 fully saturated rings. The monoisotopic (exact) mass is 255 g/mol. The highest BCUT2D eigenvalue weighted by Gasteiger charge is 2.18. The van der Waals surface area contributed by atoms with Gasteiger partial charge in [0.2, 0.25) is 0 Å². The van der Waals surface area contributed by atoms with E-state index in [-0.39, 0.29) is 18.2 Å². The number of carbonyl (C=O) groups is 1. The summed E-state index contributed by atoms with van der Waals surface area (Å²) in [6.45, 7) is 4.08. The second-order valence-corrected chi connectivity index (χ2v) is 4.72. The van der Waals surface area contributed by atoms with E-state index in [0.717, 1.165) is 6.07 Å². The van der Waals surface area contributed by atoms with E-state index in [1.54, 1.807) is 0 Å². The number of aromatic hydroxyl groups is 1. The molecule has 1 aromatic rings. The summed E-state index contributed by atoms with van der Waals surface area (Å²) in [5, 5.41) is 21.1. The Bertz CT molecular complexity index is 400. The van der Waals surface area contributed by atoms with Crippen LogP contribution in [-0.2, 0) is 11.3 Å². The van der Waals surface area contributed by atoms with E-state index in [2.05, 4.69) is 5.32 Å². The minimum absolute atomic E-state index is 0.164. The number of hydrogen-bond acceptors (Lipinski definition) is 3. The molecule has 18 heavy (non-hydrogen) atoms. The van der Waals surface area contributed by atoms with Crippen LogP contribution in [0.4, 0.5) is 4.39 Å². The molecule has 100 valence electrons. The van der Waals surface area contributed by atoms with E-state index >= 15 is 0 Å². The largest absolute Gasteiger partial charge is 0.508 e. The highest BCUT2D eigenvalue weighted by atomic mass is 19.1. The van der Waals surface area contributed by atoms with Gasteiger partial charge in [-0.05, 0) is 30.0 Å². The fraction of sp³-hybridized carbons (Fsp3) is 0.462. The third kappa shape index (κ3) is 4.71. The molecule has 1 rings (SSSR count). The fourth-order valence-electron chi connectivity index (χ4n) is 1.72. The summed E-state index contributed by atoms with van der Waals surface area (Å²) in [5.74, 6) is -1.38. The Hall–Kier alpha value is -1.62. The van der Waals surface area contributed by atoms with Gasteiger partial charge in [-0.3, -0.25) is 4.79 Å². The van der Waals surface area contributed by atoms with Crippen LogP contribution in [0.15, 0.2) is 18.2 Å². The number of rotatable bonds is 6. The Kier molecular flexibility index (Phi) is 5.09. The minimum atomic E-state index is -0.927. The molecular formula is C13H18FNO3. The predicted octanol–water partition coefficient (Wildman–Crippen LogP) is 2.12. The van der Waals surface area contributed by atoms with E-state index in [0.29, 0.717) is 12.0 Å². The predicted molar refractivity (Wildman–Crippen MR) is 65.8 cm³/mol. The zero-order chi connectivity index (χ0) is 13.7. The Morgan fingerprint density at radius 1 is 1.39 bits per heavy atom. The number of halogens is 1. The Morgan fingerprint density at radius 2 is 2.06 bits per heavy atom. The molecule has 0 aromatic heterocycles. The lowest BCUT2D eigenvalue weighted by Crippen LogP contribution is -2.37. The van der Waals surface area contributed by atoms with Crippen molar-refractivity contribution in [3.8, 4) is 5.75 Å². The van der Waals surface area contributed by atoms with Gasteiger partial charge in [0.15, 0.2) is 0 Å². The molecule has 0 spiro atoms. The lowest BCUT2D eigenvalue weighted by atomic mass is 10.0. The molecule has 1 aromatic carbocycles. The summed E-state index contributed by atoms with van der Waals surface area (Å²) in [6, 6.07) is 3.01. The van der Waals surface area contributed by atoms with Crippen LogP contribution in [-0.4, -0.2) is 22.2 Å². The van der Waals surface area contributed by atoms with E-state index in [1.165, 1.54) is 12.1 Å². The number of nitrogens with one attached hydrogen (secondary N) is 1. The summed E-state index contributed by atoms with van der Waals surface area (Å²) in [6.07, 6.45) is 0.497. The molecule has 4 nitrogen and oxygen atoms in total. The Balaban J connectivity index is 2.63. The molecule has 0 heterocycles. The molecule has 0 aliphatic carbocycles. The van der Waals surface area contributed by atoms with Gasteiger partial charge in [0, 0.05) is 12.6 Å². The molecule has 0 aliphatic rings. The maximum absolute atomic E-state index is 13.0. The van der Waals surface area contributed by atoms with Gasteiger partial charge < -0.3 is 15.5 Å². The molecule has 1 unspecified atom stereocenters. The van der Waals surface area contributed by atoms with Gasteiger partial charge in [-0.1, -0.05) is 13.8 Å². The average Bonchev–Trinajstić information content (AvgIpc) is 2.21. The minimum Gasteiger partial charge on any atom is -0.508 e. The van der Waals surface area contributed by atoms with Crippen molar-refractivity contribution in [2.24, 2.45) is 5.92 Å². The summed E-state index contributed by atoms with van der Waals surface area (Å²) >= 11 is 0. The lowest BCUT2D eigenvalue weighted by Gasteiger charge is -2.16. The first kappa shape index (κ1) is 14.4. The molecule has 0 radical (unpaired) electrons. The Labute approximate surface area is 105 Å². The van der Waals surface area contributed by atoms with Gasteiger partial charge in [0.25, 0.3) is 0 Å². The fourth-order valence-corrected chi connectivity index (χ4v) is 1.72. The SMILES string of the molecule is CC(C)CC(NCc1cc(O)cc(F)c1)C(=O)O. The van der Waals surface area contributed by atoms with Crippen molar-refractivity contribution in [1.29, 1.82) is 0 Å². The zero-order valence-corrected chi connectivity index (χ0v) is 10.5. The molecule has 0 bridgehead atoms. The highest BCUT2D eigenvalue weighted by Crippen LogP contribution is 2.15. The maximum atomic E-state index is 13.0. The Morgan fingerprint density at radius 3 is 2.56 bits per heavy atom. The second-order valence-electron chi connectivity index (χ2n) is 4.72. The van der Waals surface area contributed by atoms with Gasteiger partial charge in [-0.25, -0.2) is 4.39 Å². The van der Waals surface area contributed by atoms with E-state index in [1.807, 2.05) is 13.8 Å². The van der Waals surface area contributed by atoms with Crippen LogP contribution >= 0.6 is 0 Å². The second kappa shape index (κ2) is 6.35. The number of carboxylic acids is 1.